The van der Waals surface area contributed by atoms with Crippen molar-refractivity contribution >= 4 is 35.3 Å². The number of nitrogens with one attached hydrogen (secondary N) is 1. The summed E-state index contributed by atoms with van der Waals surface area (Å²) in [6, 6.07) is 14.3. The quantitative estimate of drug-likeness (QED) is 0.695. The summed E-state index contributed by atoms with van der Waals surface area (Å²) in [5.74, 6) is 0. The molecule has 1 aromatic carbocycles. The van der Waals surface area contributed by atoms with E-state index in [1.807, 2.05) is 30.3 Å². The van der Waals surface area contributed by atoms with Gasteiger partial charge in [0.05, 0.1) is 11.4 Å². The Bertz CT molecular complexity index is 840. The first-order valence-electron chi connectivity index (χ1n) is 8.36. The van der Waals surface area contributed by atoms with Crippen LogP contribution in [0.4, 0.5) is 0 Å². The molecule has 1 atom stereocenters. The van der Waals surface area contributed by atoms with Crippen molar-refractivity contribution in [2.45, 2.75) is 12.6 Å². The van der Waals surface area contributed by atoms with E-state index in [1.54, 1.807) is 17.5 Å². The van der Waals surface area contributed by atoms with Crippen LogP contribution in [-0.4, -0.2) is 34.5 Å². The molecular weight excluding hydrogens is 387 g/mol. The molecule has 1 aliphatic heterocycles. The van der Waals surface area contributed by atoms with Gasteiger partial charge >= 0.3 is 0 Å². The van der Waals surface area contributed by atoms with Gasteiger partial charge in [-0.05, 0) is 23.8 Å². The Morgan fingerprint density at radius 3 is 2.85 bits per heavy atom. The number of rotatable bonds is 4. The third-order valence-electron chi connectivity index (χ3n) is 4.42. The van der Waals surface area contributed by atoms with Crippen molar-refractivity contribution in [2.24, 2.45) is 0 Å². The van der Waals surface area contributed by atoms with Crippen molar-refractivity contribution in [2.75, 3.05) is 19.6 Å². The Labute approximate surface area is 168 Å². The number of pyridine rings is 1. The van der Waals surface area contributed by atoms with Gasteiger partial charge < -0.3 is 5.32 Å². The molecule has 0 aliphatic carbocycles. The van der Waals surface area contributed by atoms with Crippen molar-refractivity contribution in [3.05, 3.63) is 70.3 Å². The van der Waals surface area contributed by atoms with Crippen LogP contribution in [0.2, 0.25) is 5.02 Å². The van der Waals surface area contributed by atoms with E-state index in [9.17, 15) is 0 Å². The molecule has 1 fully saturated rings. The van der Waals surface area contributed by atoms with E-state index in [1.165, 1.54) is 5.56 Å². The summed E-state index contributed by atoms with van der Waals surface area (Å²) < 4.78 is 0. The highest BCUT2D eigenvalue weighted by Gasteiger charge is 2.26. The highest BCUT2D eigenvalue weighted by atomic mass is 35.5. The lowest BCUT2D eigenvalue weighted by Gasteiger charge is -2.36. The lowest BCUT2D eigenvalue weighted by atomic mass is 10.0. The number of nitrogens with zero attached hydrogens (tertiary/aromatic N) is 3. The molecule has 0 amide bonds. The van der Waals surface area contributed by atoms with Crippen LogP contribution in [-0.2, 0) is 6.54 Å². The zero-order valence-electron chi connectivity index (χ0n) is 14.1. The van der Waals surface area contributed by atoms with Crippen LogP contribution in [0.15, 0.2) is 54.0 Å². The minimum atomic E-state index is 0. The second kappa shape index (κ2) is 8.93. The van der Waals surface area contributed by atoms with Gasteiger partial charge in [0, 0.05) is 48.8 Å². The molecule has 4 nitrogen and oxygen atoms in total. The van der Waals surface area contributed by atoms with Gasteiger partial charge in [-0.15, -0.1) is 23.7 Å². The summed E-state index contributed by atoms with van der Waals surface area (Å²) in [5.41, 5.74) is 3.20. The summed E-state index contributed by atoms with van der Waals surface area (Å²) >= 11 is 8.08. The fraction of sp³-hybridized carbons (Fsp3) is 0.263. The van der Waals surface area contributed by atoms with Crippen molar-refractivity contribution in [3.8, 4) is 10.7 Å². The number of aromatic nitrogens is 2. The fourth-order valence-electron chi connectivity index (χ4n) is 3.18. The normalized spacial score (nSPS) is 17.7. The van der Waals surface area contributed by atoms with Gasteiger partial charge in [-0.3, -0.25) is 9.88 Å². The average Bonchev–Trinajstić information content (AvgIpc) is 3.12. The number of hydrogen-bond donors (Lipinski definition) is 1. The van der Waals surface area contributed by atoms with Gasteiger partial charge in [0.15, 0.2) is 0 Å². The molecule has 1 saturated heterocycles. The third-order valence-corrected chi connectivity index (χ3v) is 5.68. The van der Waals surface area contributed by atoms with E-state index in [-0.39, 0.29) is 18.4 Å². The number of thiazole rings is 1. The molecule has 1 N–H and O–H groups in total. The molecule has 0 spiro atoms. The lowest BCUT2D eigenvalue weighted by molar-refractivity contribution is 0.152. The molecule has 4 rings (SSSR count). The molecule has 26 heavy (non-hydrogen) atoms. The van der Waals surface area contributed by atoms with Gasteiger partial charge in [-0.25, -0.2) is 4.98 Å². The molecule has 1 unspecified atom stereocenters. The highest BCUT2D eigenvalue weighted by molar-refractivity contribution is 7.13. The first-order chi connectivity index (χ1) is 12.3. The van der Waals surface area contributed by atoms with Crippen LogP contribution in [0.5, 0.6) is 0 Å². The van der Waals surface area contributed by atoms with Crippen molar-refractivity contribution < 1.29 is 0 Å². The largest absolute Gasteiger partial charge is 0.314 e. The van der Waals surface area contributed by atoms with Crippen molar-refractivity contribution in [1.82, 2.24) is 20.2 Å². The summed E-state index contributed by atoms with van der Waals surface area (Å²) in [6.45, 7) is 3.69. The summed E-state index contributed by atoms with van der Waals surface area (Å²) in [4.78, 5) is 11.6. The maximum absolute atomic E-state index is 6.43. The highest BCUT2D eigenvalue weighted by Crippen LogP contribution is 2.30. The van der Waals surface area contributed by atoms with E-state index < -0.39 is 0 Å². The lowest BCUT2D eigenvalue weighted by Crippen LogP contribution is -2.45. The minimum absolute atomic E-state index is 0. The molecule has 7 heteroatoms. The van der Waals surface area contributed by atoms with Crippen molar-refractivity contribution in [3.63, 3.8) is 0 Å². The second-order valence-corrected chi connectivity index (χ2v) is 7.34. The maximum atomic E-state index is 6.43. The Kier molecular flexibility index (Phi) is 6.62. The van der Waals surface area contributed by atoms with Crippen LogP contribution in [0, 0.1) is 0 Å². The van der Waals surface area contributed by atoms with Gasteiger partial charge in [-0.2, -0.15) is 0 Å². The topological polar surface area (TPSA) is 41.0 Å². The summed E-state index contributed by atoms with van der Waals surface area (Å²) in [5, 5.41) is 7.41. The van der Waals surface area contributed by atoms with E-state index in [0.29, 0.717) is 0 Å². The minimum Gasteiger partial charge on any atom is -0.314 e. The smallest absolute Gasteiger partial charge is 0.142 e. The molecular formula is C19H20Cl2N4S. The molecule has 0 bridgehead atoms. The van der Waals surface area contributed by atoms with Gasteiger partial charge in [0.1, 0.15) is 5.01 Å². The average molecular weight is 407 g/mol. The van der Waals surface area contributed by atoms with Crippen LogP contribution < -0.4 is 5.32 Å². The number of piperazine rings is 1. The molecule has 136 valence electrons. The van der Waals surface area contributed by atoms with E-state index in [0.717, 1.165) is 47.6 Å². The first-order valence-corrected chi connectivity index (χ1v) is 9.62. The summed E-state index contributed by atoms with van der Waals surface area (Å²) in [7, 11) is 0. The monoisotopic (exact) mass is 406 g/mol. The predicted molar refractivity (Wildman–Crippen MR) is 110 cm³/mol. The Balaban J connectivity index is 0.00000196. The van der Waals surface area contributed by atoms with Crippen LogP contribution >= 0.6 is 35.3 Å². The summed E-state index contributed by atoms with van der Waals surface area (Å²) in [6.07, 6.45) is 1.81. The standard InChI is InChI=1S/C19H19ClN4S.ClH/c20-16-6-2-1-5-15(16)18-11-21-9-10-24(18)12-14-13-25-19(23-14)17-7-3-4-8-22-17;/h1-8,13,18,21H,9-12H2;1H. The molecule has 3 aromatic rings. The Hall–Kier alpha value is -1.50. The number of benzene rings is 1. The zero-order chi connectivity index (χ0) is 17.1. The van der Waals surface area contributed by atoms with E-state index in [4.69, 9.17) is 16.6 Å². The predicted octanol–water partition coefficient (Wildman–Crippen LogP) is 4.43. The Morgan fingerprint density at radius 2 is 2.04 bits per heavy atom. The fourth-order valence-corrected chi connectivity index (χ4v) is 4.23. The molecule has 0 saturated carbocycles. The first kappa shape index (κ1) is 19.3. The van der Waals surface area contributed by atoms with Crippen LogP contribution in [0.1, 0.15) is 17.3 Å². The van der Waals surface area contributed by atoms with Gasteiger partial charge in [0.2, 0.25) is 0 Å². The SMILES string of the molecule is Cl.Clc1ccccc1C1CNCCN1Cc1csc(-c2ccccn2)n1. The van der Waals surface area contributed by atoms with E-state index in [2.05, 4.69) is 32.7 Å². The number of halogens is 2. The molecule has 2 aromatic heterocycles. The van der Waals surface area contributed by atoms with Crippen molar-refractivity contribution in [1.29, 1.82) is 0 Å². The molecule has 3 heterocycles. The number of hydrogen-bond acceptors (Lipinski definition) is 5. The third kappa shape index (κ3) is 4.24. The van der Waals surface area contributed by atoms with Crippen LogP contribution in [0.25, 0.3) is 10.7 Å². The maximum Gasteiger partial charge on any atom is 0.142 e. The van der Waals surface area contributed by atoms with E-state index >= 15 is 0 Å². The molecule has 1 aliphatic rings. The second-order valence-electron chi connectivity index (χ2n) is 6.07. The Morgan fingerprint density at radius 1 is 1.19 bits per heavy atom. The van der Waals surface area contributed by atoms with Gasteiger partial charge in [0.25, 0.3) is 0 Å². The molecule has 0 radical (unpaired) electrons. The van der Waals surface area contributed by atoms with Gasteiger partial charge in [-0.1, -0.05) is 35.9 Å². The zero-order valence-corrected chi connectivity index (χ0v) is 16.5. The van der Waals surface area contributed by atoms with Crippen LogP contribution in [0.3, 0.4) is 0 Å².